The molecule has 1 unspecified atom stereocenters. The van der Waals surface area contributed by atoms with E-state index >= 15 is 0 Å². The lowest BCUT2D eigenvalue weighted by Crippen LogP contribution is -2.58. The highest BCUT2D eigenvalue weighted by molar-refractivity contribution is 6.02. The molecule has 2 aromatic rings. The fourth-order valence-electron chi connectivity index (χ4n) is 4.68. The van der Waals surface area contributed by atoms with Crippen LogP contribution in [0.4, 0.5) is 4.39 Å². The number of fused-ring (bicyclic) bond motifs is 1. The normalized spacial score (nSPS) is 17.6. The molecule has 0 spiro atoms. The first kappa shape index (κ1) is 27.6. The van der Waals surface area contributed by atoms with E-state index in [4.69, 9.17) is 9.47 Å². The summed E-state index contributed by atoms with van der Waals surface area (Å²) in [6.07, 6.45) is -0.0230. The van der Waals surface area contributed by atoms with Crippen molar-refractivity contribution in [3.8, 4) is 5.75 Å². The lowest BCUT2D eigenvalue weighted by molar-refractivity contribution is -0.305. The second kappa shape index (κ2) is 11.1. The van der Waals surface area contributed by atoms with Crippen LogP contribution in [0.1, 0.15) is 39.9 Å². The number of rotatable bonds is 10. The highest BCUT2D eigenvalue weighted by atomic mass is 19.1. The lowest BCUT2D eigenvalue weighted by Gasteiger charge is -2.35. The monoisotopic (exact) mass is 531 g/mol. The van der Waals surface area contributed by atoms with Gasteiger partial charge in [-0.15, -0.1) is 0 Å². The predicted octanol–water partition coefficient (Wildman–Crippen LogP) is 0.201. The first-order valence-electron chi connectivity index (χ1n) is 12.2. The van der Waals surface area contributed by atoms with Gasteiger partial charge < -0.3 is 34.9 Å². The van der Waals surface area contributed by atoms with Gasteiger partial charge in [0.2, 0.25) is 5.72 Å². The third-order valence-corrected chi connectivity index (χ3v) is 6.72. The summed E-state index contributed by atoms with van der Waals surface area (Å²) in [5, 5.41) is 35.0. The molecule has 2 heterocycles. The number of ether oxygens (including phenoxy) is 2. The fraction of sp³-hybridized carbons (Fsp3) is 0.423. The van der Waals surface area contributed by atoms with Crippen LogP contribution in [-0.4, -0.2) is 82.3 Å². The van der Waals surface area contributed by atoms with Crippen LogP contribution in [-0.2, 0) is 33.4 Å². The van der Waals surface area contributed by atoms with Gasteiger partial charge in [0.1, 0.15) is 17.9 Å². The topological polar surface area (TPSA) is 149 Å². The van der Waals surface area contributed by atoms with Crippen LogP contribution >= 0.6 is 0 Å². The van der Waals surface area contributed by atoms with Crippen LogP contribution in [0.5, 0.6) is 5.75 Å². The average Bonchev–Trinajstić information content (AvgIpc) is 3.26. The smallest absolute Gasteiger partial charge is 0.354 e. The first-order valence-corrected chi connectivity index (χ1v) is 12.2. The number of nitrogens with zero attached hydrogens (tertiary/aromatic N) is 2. The Balaban J connectivity index is 1.61. The van der Waals surface area contributed by atoms with Gasteiger partial charge in [0, 0.05) is 50.7 Å². The van der Waals surface area contributed by atoms with E-state index in [0.29, 0.717) is 44.7 Å². The van der Waals surface area contributed by atoms with Gasteiger partial charge in [-0.05, 0) is 29.8 Å². The molecule has 1 atom stereocenters. The predicted molar refractivity (Wildman–Crippen MR) is 130 cm³/mol. The van der Waals surface area contributed by atoms with Crippen molar-refractivity contribution in [1.82, 2.24) is 15.1 Å². The molecule has 0 radical (unpaired) electrons. The number of aliphatic hydroxyl groups is 3. The van der Waals surface area contributed by atoms with Crippen molar-refractivity contribution in [2.75, 3.05) is 33.4 Å². The third-order valence-electron chi connectivity index (χ3n) is 6.72. The van der Waals surface area contributed by atoms with Gasteiger partial charge in [-0.25, -0.2) is 4.39 Å². The summed E-state index contributed by atoms with van der Waals surface area (Å²) in [6.45, 7) is 2.61. The minimum absolute atomic E-state index is 0.0493. The van der Waals surface area contributed by atoms with E-state index in [1.165, 1.54) is 31.3 Å². The SMILES string of the molecule is CNC(=O)C(O)(CCC=O)N1Cc2c(OC(O)(O)c3cc(CN4CCOCC4)ccc3F)cccc2C1=O. The molecule has 1 fully saturated rings. The van der Waals surface area contributed by atoms with Crippen LogP contribution in [0.2, 0.25) is 0 Å². The van der Waals surface area contributed by atoms with Crippen molar-refractivity contribution < 1.29 is 43.6 Å². The zero-order chi connectivity index (χ0) is 27.5. The van der Waals surface area contributed by atoms with Crippen molar-refractivity contribution in [1.29, 1.82) is 0 Å². The van der Waals surface area contributed by atoms with E-state index in [1.54, 1.807) is 6.07 Å². The molecule has 4 rings (SSSR count). The van der Waals surface area contributed by atoms with Gasteiger partial charge in [0.05, 0.1) is 25.3 Å². The van der Waals surface area contributed by atoms with Gasteiger partial charge in [0.15, 0.2) is 0 Å². The molecular weight excluding hydrogens is 501 g/mol. The molecule has 1 saturated heterocycles. The van der Waals surface area contributed by atoms with Gasteiger partial charge in [0.25, 0.3) is 11.8 Å². The number of amides is 2. The minimum atomic E-state index is -3.11. The van der Waals surface area contributed by atoms with Crippen molar-refractivity contribution in [3.05, 3.63) is 64.5 Å². The number of aldehydes is 1. The van der Waals surface area contributed by atoms with Crippen molar-refractivity contribution in [3.63, 3.8) is 0 Å². The quantitative estimate of drug-likeness (QED) is 0.249. The molecule has 2 amide bonds. The molecular formula is C26H30FN3O8. The summed E-state index contributed by atoms with van der Waals surface area (Å²) < 4.78 is 25.5. The first-order chi connectivity index (χ1) is 18.1. The molecule has 0 aliphatic carbocycles. The molecule has 38 heavy (non-hydrogen) atoms. The maximum absolute atomic E-state index is 14.7. The summed E-state index contributed by atoms with van der Waals surface area (Å²) in [5.41, 5.74) is -2.02. The van der Waals surface area contributed by atoms with Crippen molar-refractivity contribution in [2.24, 2.45) is 0 Å². The Morgan fingerprint density at radius 2 is 1.95 bits per heavy atom. The number of hydrogen-bond donors (Lipinski definition) is 4. The van der Waals surface area contributed by atoms with Crippen LogP contribution < -0.4 is 10.1 Å². The second-order valence-electron chi connectivity index (χ2n) is 9.19. The van der Waals surface area contributed by atoms with Crippen LogP contribution in [0.25, 0.3) is 0 Å². The van der Waals surface area contributed by atoms with Crippen molar-refractivity contribution in [2.45, 2.75) is 37.6 Å². The Morgan fingerprint density at radius 3 is 2.63 bits per heavy atom. The molecule has 4 N–H and O–H groups in total. The highest BCUT2D eigenvalue weighted by Crippen LogP contribution is 2.38. The molecule has 11 nitrogen and oxygen atoms in total. The number of hydrogen-bond acceptors (Lipinski definition) is 9. The number of benzene rings is 2. The van der Waals surface area contributed by atoms with Gasteiger partial charge >= 0.3 is 5.97 Å². The highest BCUT2D eigenvalue weighted by Gasteiger charge is 2.48. The molecule has 2 aliphatic rings. The number of morpholine rings is 1. The maximum Gasteiger partial charge on any atom is 0.354 e. The number of nitrogens with one attached hydrogen (secondary N) is 1. The molecule has 2 aliphatic heterocycles. The van der Waals surface area contributed by atoms with E-state index in [1.807, 2.05) is 0 Å². The lowest BCUT2D eigenvalue weighted by atomic mass is 10.0. The van der Waals surface area contributed by atoms with Gasteiger partial charge in [-0.1, -0.05) is 12.1 Å². The number of likely N-dealkylation sites (N-methyl/N-ethyl adjacent to an activating group) is 1. The molecule has 0 bridgehead atoms. The Hall–Kier alpha value is -3.42. The second-order valence-corrected chi connectivity index (χ2v) is 9.19. The van der Waals surface area contributed by atoms with Crippen LogP contribution in [0.3, 0.4) is 0 Å². The van der Waals surface area contributed by atoms with Crippen LogP contribution in [0.15, 0.2) is 36.4 Å². The van der Waals surface area contributed by atoms with E-state index in [-0.39, 0.29) is 36.3 Å². The maximum atomic E-state index is 14.7. The molecule has 204 valence electrons. The summed E-state index contributed by atoms with van der Waals surface area (Å²) in [6, 6.07) is 8.16. The van der Waals surface area contributed by atoms with E-state index in [0.717, 1.165) is 11.0 Å². The van der Waals surface area contributed by atoms with E-state index < -0.39 is 34.9 Å². The molecule has 0 aromatic heterocycles. The molecule has 12 heteroatoms. The summed E-state index contributed by atoms with van der Waals surface area (Å²) in [5.74, 6) is -5.78. The van der Waals surface area contributed by atoms with E-state index in [2.05, 4.69) is 10.2 Å². The van der Waals surface area contributed by atoms with Crippen molar-refractivity contribution >= 4 is 18.1 Å². The summed E-state index contributed by atoms with van der Waals surface area (Å²) in [7, 11) is 1.28. The molecule has 0 saturated carbocycles. The zero-order valence-corrected chi connectivity index (χ0v) is 20.9. The average molecular weight is 532 g/mol. The zero-order valence-electron chi connectivity index (χ0n) is 20.9. The Bertz CT molecular complexity index is 1220. The Labute approximate surface area is 218 Å². The van der Waals surface area contributed by atoms with E-state index in [9.17, 15) is 34.1 Å². The summed E-state index contributed by atoms with van der Waals surface area (Å²) >= 11 is 0. The number of carbonyl (C=O) groups excluding carboxylic acids is 3. The van der Waals surface area contributed by atoms with Crippen LogP contribution in [0, 0.1) is 5.82 Å². The van der Waals surface area contributed by atoms with Gasteiger partial charge in [-0.3, -0.25) is 19.4 Å². The minimum Gasteiger partial charge on any atom is -0.435 e. The third kappa shape index (κ3) is 5.40. The fourth-order valence-corrected chi connectivity index (χ4v) is 4.68. The Morgan fingerprint density at radius 1 is 1.21 bits per heavy atom. The number of carbonyl (C=O) groups is 3. The standard InChI is InChI=1S/C26H30FN3O8/c1-28-24(33)25(34,8-3-11-31)30-16-19-18(23(30)32)4-2-5-22(19)38-26(35,36)20-14-17(6-7-21(20)27)15-29-9-12-37-13-10-29/h2,4-7,11,14,34-36H,3,8-10,12-13,15-16H2,1H3,(H,28,33). The number of halogens is 1. The molecule has 2 aromatic carbocycles. The largest absolute Gasteiger partial charge is 0.435 e. The Kier molecular flexibility index (Phi) is 8.09. The van der Waals surface area contributed by atoms with Gasteiger partial charge in [-0.2, -0.15) is 0 Å². The summed E-state index contributed by atoms with van der Waals surface area (Å²) in [4.78, 5) is 39.5.